The van der Waals surface area contributed by atoms with E-state index in [0.717, 1.165) is 58.2 Å². The number of nitrogens with zero attached hydrogens (tertiary/aromatic N) is 10. The van der Waals surface area contributed by atoms with Crippen LogP contribution < -0.4 is 15.7 Å². The lowest BCUT2D eigenvalue weighted by atomic mass is 9.60. The molecule has 4 atom stereocenters. The molecule has 0 saturated heterocycles. The van der Waals surface area contributed by atoms with Gasteiger partial charge in [-0.15, -0.1) is 0 Å². The van der Waals surface area contributed by atoms with Gasteiger partial charge in [0.2, 0.25) is 0 Å². The van der Waals surface area contributed by atoms with Crippen molar-refractivity contribution in [2.45, 2.75) is 177 Å². The van der Waals surface area contributed by atoms with E-state index >= 15 is 0 Å². The molecule has 0 saturated carbocycles. The van der Waals surface area contributed by atoms with Crippen molar-refractivity contribution >= 4 is 160 Å². The van der Waals surface area contributed by atoms with Crippen molar-refractivity contribution < 1.29 is 0 Å². The molecule has 0 fully saturated rings. The Labute approximate surface area is 800 Å². The third-order valence-electron chi connectivity index (χ3n) is 33.6. The van der Waals surface area contributed by atoms with Crippen molar-refractivity contribution in [3.8, 4) is 0 Å². The van der Waals surface area contributed by atoms with E-state index in [2.05, 4.69) is 450 Å². The Bertz CT molecular complexity index is 9260. The maximum atomic E-state index is 5.33. The highest BCUT2D eigenvalue weighted by atomic mass is 28.3. The van der Waals surface area contributed by atoms with Gasteiger partial charge in [0, 0.05) is 104 Å². The van der Waals surface area contributed by atoms with Crippen molar-refractivity contribution in [1.82, 2.24) is 46.9 Å². The Morgan fingerprint density at radius 3 is 1.12 bits per heavy atom. The second-order valence-electron chi connectivity index (χ2n) is 41.6. The maximum absolute atomic E-state index is 5.33. The van der Waals surface area contributed by atoms with Gasteiger partial charge in [-0.2, -0.15) is 0 Å². The van der Waals surface area contributed by atoms with E-state index in [1.165, 1.54) is 225 Å². The van der Waals surface area contributed by atoms with Crippen LogP contribution in [0.5, 0.6) is 0 Å². The zero-order valence-electron chi connectivity index (χ0n) is 81.6. The molecule has 10 aromatic heterocycles. The second kappa shape index (κ2) is 30.4. The minimum Gasteiger partial charge on any atom is -0.299 e. The van der Waals surface area contributed by atoms with Crippen LogP contribution in [0.2, 0.25) is 0 Å². The molecule has 29 rings (SSSR count). The van der Waals surface area contributed by atoms with E-state index < -0.39 is 8.07 Å². The minimum atomic E-state index is -2.59. The number of pyridine rings is 5. The van der Waals surface area contributed by atoms with Gasteiger partial charge in [0.25, 0.3) is 0 Å². The van der Waals surface area contributed by atoms with E-state index in [0.29, 0.717) is 11.8 Å². The summed E-state index contributed by atoms with van der Waals surface area (Å²) in [5, 5.41) is 23.9. The topological polar surface area (TPSA) is 86.5 Å². The lowest BCUT2D eigenvalue weighted by Gasteiger charge is -2.49. The first-order valence-electron chi connectivity index (χ1n) is 49.2. The number of hydrogen-bond donors (Lipinski definition) is 0. The molecule has 11 heteroatoms. The predicted molar refractivity (Wildman–Crippen MR) is 576 cm³/mol. The van der Waals surface area contributed by atoms with Crippen LogP contribution in [0.3, 0.4) is 0 Å². The summed E-state index contributed by atoms with van der Waals surface area (Å²) < 4.78 is 12.4. The molecule has 24 aromatic rings. The molecule has 10 nitrogen and oxygen atoms in total. The first-order chi connectivity index (χ1) is 66.3. The van der Waals surface area contributed by atoms with Crippen LogP contribution >= 0.6 is 0 Å². The van der Waals surface area contributed by atoms with Gasteiger partial charge in [0.15, 0.2) is 8.07 Å². The van der Waals surface area contributed by atoms with Crippen LogP contribution in [0.1, 0.15) is 197 Å². The number of benzene rings is 14. The molecule has 4 unspecified atom stereocenters. The summed E-state index contributed by atoms with van der Waals surface area (Å²) in [4.78, 5) is 25.4. The Hall–Kier alpha value is -14.7. The van der Waals surface area contributed by atoms with Crippen molar-refractivity contribution in [1.29, 1.82) is 0 Å². The molecule has 0 radical (unpaired) electrons. The van der Waals surface area contributed by atoms with E-state index in [1.807, 2.05) is 0 Å². The Kier molecular flexibility index (Phi) is 18.7. The average Bonchev–Trinajstić information content (AvgIpc) is 1.55. The van der Waals surface area contributed by atoms with Gasteiger partial charge in [-0.1, -0.05) is 359 Å². The lowest BCUT2D eigenvalue weighted by molar-refractivity contribution is 0.287. The molecule has 137 heavy (non-hydrogen) atoms. The number of hydrogen-bond acceptors (Lipinski definition) is 5. The third-order valence-corrected chi connectivity index (χ3v) is 39.5. The van der Waals surface area contributed by atoms with Gasteiger partial charge in [-0.3, -0.25) is 22.0 Å². The highest BCUT2D eigenvalue weighted by molar-refractivity contribution is 7.13. The Morgan fingerprint density at radius 1 is 0.270 bits per heavy atom. The summed E-state index contributed by atoms with van der Waals surface area (Å²) in [6.45, 7) is 41.2. The summed E-state index contributed by atoms with van der Waals surface area (Å²) in [6, 6.07) is 111. The zero-order chi connectivity index (χ0) is 93.8. The van der Waals surface area contributed by atoms with Crippen LogP contribution in [-0.4, -0.2) is 55.0 Å². The normalized spacial score (nSPS) is 17.0. The van der Waals surface area contributed by atoms with E-state index in [-0.39, 0.29) is 27.7 Å². The number of rotatable bonds is 4. The molecule has 0 aliphatic carbocycles. The predicted octanol–water partition coefficient (Wildman–Crippen LogP) is 28.8. The van der Waals surface area contributed by atoms with Crippen molar-refractivity contribution in [2.75, 3.05) is 0 Å². The number of aryl methyl sites for hydroxylation is 12. The Balaban J connectivity index is 0.0000000922. The standard InChI is InChI=1S/C32H28N2Si.C31H24N2.C23H24N2.C21H20N2.C19H16N2/c1-21-19-20-27-29-28(21)25-17-11-12-18-26(25)30-33-22(2)31(34(29)30)35(32(27,3)4,23-13-7-5-8-14-23)24-15-9-6-10-16-24;1-19-17-18-25-27(21-11-5-3-6-12-21)28(22-13-7-4-8-14-22)29-20(2)32-31-24-16-10-9-15-23(24)26(19)30(25)33(29)31;1-13-11-12-17-19-18(13)15-9-7-8-10-16(15)21-24-14(2)20(25(19)21)23(5,6)22(17,3)4;1-11-9-10-15-12(2)13(3)19-14(4)22-21-17-8-6-5-7-16(17)18(11)20(15)23(19)21;1-11-7-8-13-9-10-16-12(2)20-19-15-6-4-3-5-14(15)17(11)18(13)21(16)19/h5-20H,1-4H3;3-18,27-28H,1-2H3;7-12H,1-6H3;5-10,12-13H,1-4H3;3-8H,9-10H2,1-2H3. The third kappa shape index (κ3) is 11.5. The molecule has 0 amide bonds. The van der Waals surface area contributed by atoms with Crippen LogP contribution in [0.4, 0.5) is 0 Å². The quantitative estimate of drug-likeness (QED) is 0.129. The first kappa shape index (κ1) is 84.1. The highest BCUT2D eigenvalue weighted by Crippen LogP contribution is 2.56. The maximum Gasteiger partial charge on any atom is 0.181 e. The molecule has 5 aliphatic heterocycles. The van der Waals surface area contributed by atoms with E-state index in [4.69, 9.17) is 24.9 Å². The molecular weight excluding hydrogens is 1680 g/mol. The minimum absolute atomic E-state index is 0.00808. The lowest BCUT2D eigenvalue weighted by Crippen LogP contribution is -2.79. The van der Waals surface area contributed by atoms with E-state index in [1.54, 1.807) is 0 Å². The fourth-order valence-corrected chi connectivity index (χ4v) is 32.7. The van der Waals surface area contributed by atoms with E-state index in [9.17, 15) is 0 Å². The SMILES string of the molecule is Cc1nc2c3ccccc3c3c(C)ccc4c3n2c1C(C)(C)C4(C)C.Cc1nc2c3ccccc3c3c(C)ccc4c3n2c1C(C)C4C.Cc1nc2c3ccccc3c3c(C)ccc4c3n2c1C(c1ccccc1)C4c1ccccc1.Cc1nc2c3ccccc3c3c(C)ccc4c3n2c1CC4.Cc1nc2c3ccccc3c3c(C)ccc4c3n2c1[Si](c1ccccc1)(c1ccccc1)C4(C)C. The second-order valence-corrected chi connectivity index (χ2v) is 46.0. The van der Waals surface area contributed by atoms with Gasteiger partial charge in [0.05, 0.1) is 67.4 Å². The molecule has 14 aromatic carbocycles. The smallest absolute Gasteiger partial charge is 0.181 e. The van der Waals surface area contributed by atoms with Crippen LogP contribution in [0.15, 0.2) is 303 Å². The van der Waals surface area contributed by atoms with Gasteiger partial charge in [0.1, 0.15) is 28.2 Å². The highest BCUT2D eigenvalue weighted by Gasteiger charge is 2.59. The van der Waals surface area contributed by atoms with Crippen molar-refractivity contribution in [2.24, 2.45) is 0 Å². The summed E-state index contributed by atoms with van der Waals surface area (Å²) in [5.74, 6) is 1.43. The van der Waals surface area contributed by atoms with Gasteiger partial charge < -0.3 is 0 Å². The first-order valence-corrected chi connectivity index (χ1v) is 51.2. The van der Waals surface area contributed by atoms with Gasteiger partial charge in [-0.25, -0.2) is 24.9 Å². The van der Waals surface area contributed by atoms with Crippen LogP contribution in [0, 0.1) is 69.2 Å². The van der Waals surface area contributed by atoms with Gasteiger partial charge >= 0.3 is 0 Å². The fourth-order valence-electron chi connectivity index (χ4n) is 26.7. The molecule has 0 N–H and O–H groups in total. The summed E-state index contributed by atoms with van der Waals surface area (Å²) in [6.07, 6.45) is 2.22. The zero-order valence-corrected chi connectivity index (χ0v) is 82.6. The van der Waals surface area contributed by atoms with Crippen molar-refractivity contribution in [3.63, 3.8) is 0 Å². The molecule has 0 spiro atoms. The van der Waals surface area contributed by atoms with Crippen LogP contribution in [0.25, 0.3) is 137 Å². The Morgan fingerprint density at radius 2 is 0.620 bits per heavy atom. The molecule has 670 valence electrons. The number of fused-ring (bicyclic) bond motifs is 15. The number of imidazole rings is 5. The average molecular weight is 1790 g/mol. The monoisotopic (exact) mass is 1790 g/mol. The molecule has 5 aliphatic rings. The summed E-state index contributed by atoms with van der Waals surface area (Å²) in [5.41, 5.74) is 40.1. The van der Waals surface area contributed by atoms with Crippen molar-refractivity contribution in [3.05, 3.63) is 421 Å². The summed E-state index contributed by atoms with van der Waals surface area (Å²) >= 11 is 0. The largest absolute Gasteiger partial charge is 0.299 e. The fraction of sp³-hybridized carbons (Fsp3) is 0.214. The molecule has 15 heterocycles. The number of aromatic nitrogens is 10. The molecular formula is C126H112N10Si. The summed E-state index contributed by atoms with van der Waals surface area (Å²) in [7, 11) is -2.59. The molecule has 0 bridgehead atoms. The van der Waals surface area contributed by atoms with Gasteiger partial charge in [-0.05, 0) is 192 Å². The van der Waals surface area contributed by atoms with Crippen LogP contribution in [-0.2, 0) is 28.7 Å².